The molecule has 0 atom stereocenters. The third-order valence-corrected chi connectivity index (χ3v) is 5.42. The Bertz CT molecular complexity index is 1100. The number of hydrogen-bond donors (Lipinski definition) is 1. The van der Waals surface area contributed by atoms with Gasteiger partial charge in [-0.3, -0.25) is 0 Å². The monoisotopic (exact) mass is 350 g/mol. The molecule has 1 aliphatic carbocycles. The minimum absolute atomic E-state index is 0.919. The highest BCUT2D eigenvalue weighted by atomic mass is 14.9. The molecule has 3 aromatic carbocycles. The van der Waals surface area contributed by atoms with Crippen molar-refractivity contribution in [2.24, 2.45) is 0 Å². The predicted molar refractivity (Wildman–Crippen MR) is 113 cm³/mol. The lowest BCUT2D eigenvalue weighted by Crippen LogP contribution is -1.91. The van der Waals surface area contributed by atoms with E-state index >= 15 is 0 Å². The molecule has 0 fully saturated rings. The summed E-state index contributed by atoms with van der Waals surface area (Å²) in [6.07, 6.45) is 7.45. The van der Waals surface area contributed by atoms with Crippen LogP contribution in [0.4, 0.5) is 0 Å². The van der Waals surface area contributed by atoms with E-state index in [2.05, 4.69) is 65.7 Å². The summed E-state index contributed by atoms with van der Waals surface area (Å²) in [4.78, 5) is 8.37. The highest BCUT2D eigenvalue weighted by Crippen LogP contribution is 2.32. The summed E-state index contributed by atoms with van der Waals surface area (Å²) in [7, 11) is 0. The number of para-hydroxylation sites is 1. The summed E-state index contributed by atoms with van der Waals surface area (Å²) in [6.45, 7) is 0. The van der Waals surface area contributed by atoms with Gasteiger partial charge in [-0.25, -0.2) is 4.98 Å². The number of benzene rings is 3. The molecule has 0 radical (unpaired) electrons. The zero-order valence-electron chi connectivity index (χ0n) is 15.3. The third kappa shape index (κ3) is 3.08. The van der Waals surface area contributed by atoms with Gasteiger partial charge in [-0.2, -0.15) is 0 Å². The van der Waals surface area contributed by atoms with Crippen molar-refractivity contribution >= 4 is 16.6 Å². The number of imidazole rings is 1. The molecule has 27 heavy (non-hydrogen) atoms. The van der Waals surface area contributed by atoms with Crippen LogP contribution in [-0.4, -0.2) is 9.97 Å². The fourth-order valence-corrected chi connectivity index (χ4v) is 3.96. The molecule has 0 spiro atoms. The predicted octanol–water partition coefficient (Wildman–Crippen LogP) is 6.85. The van der Waals surface area contributed by atoms with E-state index in [4.69, 9.17) is 4.98 Å². The first-order chi connectivity index (χ1) is 13.4. The number of nitrogens with one attached hydrogen (secondary N) is 1. The van der Waals surface area contributed by atoms with E-state index in [0.29, 0.717) is 0 Å². The van der Waals surface area contributed by atoms with Crippen LogP contribution < -0.4 is 0 Å². The molecule has 2 heteroatoms. The lowest BCUT2D eigenvalue weighted by Gasteiger charge is -2.13. The Morgan fingerprint density at radius 1 is 0.704 bits per heavy atom. The molecule has 5 rings (SSSR count). The zero-order chi connectivity index (χ0) is 18.1. The second-order valence-corrected chi connectivity index (χ2v) is 7.21. The van der Waals surface area contributed by atoms with Crippen molar-refractivity contribution in [2.45, 2.75) is 25.7 Å². The molecular weight excluding hydrogens is 328 g/mol. The van der Waals surface area contributed by atoms with Gasteiger partial charge >= 0.3 is 0 Å². The summed E-state index contributed by atoms with van der Waals surface area (Å²) >= 11 is 0. The topological polar surface area (TPSA) is 28.7 Å². The molecule has 0 saturated carbocycles. The summed E-state index contributed by atoms with van der Waals surface area (Å²) in [5, 5.41) is 0. The molecule has 0 amide bonds. The Kier molecular flexibility index (Phi) is 4.10. The maximum absolute atomic E-state index is 4.90. The summed E-state index contributed by atoms with van der Waals surface area (Å²) in [5.41, 5.74) is 8.46. The molecule has 1 aromatic heterocycles. The molecule has 1 heterocycles. The van der Waals surface area contributed by atoms with Gasteiger partial charge in [0.25, 0.3) is 0 Å². The Labute approximate surface area is 159 Å². The Morgan fingerprint density at radius 2 is 1.52 bits per heavy atom. The van der Waals surface area contributed by atoms with Crippen molar-refractivity contribution < 1.29 is 0 Å². The SMILES string of the molecule is C1=C(c2ccc(-c3cccc4[nH]c(-c5ccccc5)nc34)cc2)CCCC1. The molecular formula is C25H22N2. The molecule has 1 N–H and O–H groups in total. The van der Waals surface area contributed by atoms with E-state index in [-0.39, 0.29) is 0 Å². The van der Waals surface area contributed by atoms with Crippen molar-refractivity contribution in [3.63, 3.8) is 0 Å². The average Bonchev–Trinajstić information content (AvgIpc) is 3.20. The van der Waals surface area contributed by atoms with Crippen molar-refractivity contribution in [2.75, 3.05) is 0 Å². The van der Waals surface area contributed by atoms with Crippen LogP contribution in [-0.2, 0) is 0 Å². The van der Waals surface area contributed by atoms with E-state index < -0.39 is 0 Å². The molecule has 1 aliphatic rings. The molecule has 0 saturated heterocycles. The lowest BCUT2D eigenvalue weighted by atomic mass is 9.92. The quantitative estimate of drug-likeness (QED) is 0.430. The second-order valence-electron chi connectivity index (χ2n) is 7.21. The summed E-state index contributed by atoms with van der Waals surface area (Å²) in [5.74, 6) is 0.919. The van der Waals surface area contributed by atoms with Crippen LogP contribution in [0.1, 0.15) is 31.2 Å². The fraction of sp³-hybridized carbons (Fsp3) is 0.160. The van der Waals surface area contributed by atoms with Crippen LogP contribution in [0.5, 0.6) is 0 Å². The molecule has 0 bridgehead atoms. The van der Waals surface area contributed by atoms with Crippen LogP contribution in [0.3, 0.4) is 0 Å². The Hall–Kier alpha value is -3.13. The van der Waals surface area contributed by atoms with Gasteiger partial charge in [0, 0.05) is 11.1 Å². The maximum atomic E-state index is 4.90. The van der Waals surface area contributed by atoms with Gasteiger partial charge in [-0.1, -0.05) is 72.8 Å². The summed E-state index contributed by atoms with van der Waals surface area (Å²) in [6, 6.07) is 25.6. The standard InChI is InChI=1S/C25H22N2/c1-3-8-18(9-4-1)19-14-16-20(17-15-19)22-12-7-13-23-24(22)27-25(26-23)21-10-5-2-6-11-21/h2,5-8,10-17H,1,3-4,9H2,(H,26,27). The molecule has 132 valence electrons. The first-order valence-corrected chi connectivity index (χ1v) is 9.72. The minimum Gasteiger partial charge on any atom is -0.338 e. The number of hydrogen-bond acceptors (Lipinski definition) is 1. The van der Waals surface area contributed by atoms with Crippen molar-refractivity contribution in [1.29, 1.82) is 0 Å². The molecule has 4 aromatic rings. The van der Waals surface area contributed by atoms with E-state index in [9.17, 15) is 0 Å². The minimum atomic E-state index is 0.919. The maximum Gasteiger partial charge on any atom is 0.138 e. The summed E-state index contributed by atoms with van der Waals surface area (Å²) < 4.78 is 0. The van der Waals surface area contributed by atoms with E-state index in [1.54, 1.807) is 0 Å². The van der Waals surface area contributed by atoms with Crippen molar-refractivity contribution in [3.8, 4) is 22.5 Å². The Morgan fingerprint density at radius 3 is 2.30 bits per heavy atom. The van der Waals surface area contributed by atoms with E-state index in [1.807, 2.05) is 18.2 Å². The van der Waals surface area contributed by atoms with Gasteiger partial charge in [0.05, 0.1) is 11.0 Å². The van der Waals surface area contributed by atoms with Gasteiger partial charge < -0.3 is 4.98 Å². The number of H-pyrrole nitrogens is 1. The van der Waals surface area contributed by atoms with Crippen LogP contribution in [0.2, 0.25) is 0 Å². The van der Waals surface area contributed by atoms with Crippen molar-refractivity contribution in [1.82, 2.24) is 9.97 Å². The van der Waals surface area contributed by atoms with Crippen LogP contribution in [0.15, 0.2) is 78.9 Å². The Balaban J connectivity index is 1.55. The first-order valence-electron chi connectivity index (χ1n) is 9.72. The fourth-order valence-electron chi connectivity index (χ4n) is 3.96. The largest absolute Gasteiger partial charge is 0.338 e. The third-order valence-electron chi connectivity index (χ3n) is 5.42. The second kappa shape index (κ2) is 6.88. The van der Waals surface area contributed by atoms with Crippen molar-refractivity contribution in [3.05, 3.63) is 84.4 Å². The average molecular weight is 350 g/mol. The normalized spacial score (nSPS) is 14.3. The van der Waals surface area contributed by atoms with Gasteiger partial charge in [-0.05, 0) is 48.4 Å². The first kappa shape index (κ1) is 16.1. The zero-order valence-corrected chi connectivity index (χ0v) is 15.3. The van der Waals surface area contributed by atoms with Gasteiger partial charge in [-0.15, -0.1) is 0 Å². The number of fused-ring (bicyclic) bond motifs is 1. The van der Waals surface area contributed by atoms with E-state index in [1.165, 1.54) is 47.9 Å². The highest BCUT2D eigenvalue weighted by molar-refractivity contribution is 5.93. The van der Waals surface area contributed by atoms with Crippen LogP contribution in [0.25, 0.3) is 39.1 Å². The molecule has 0 aliphatic heterocycles. The molecule has 2 nitrogen and oxygen atoms in total. The highest BCUT2D eigenvalue weighted by Gasteiger charge is 2.11. The lowest BCUT2D eigenvalue weighted by molar-refractivity contribution is 0.742. The van der Waals surface area contributed by atoms with Gasteiger partial charge in [0.1, 0.15) is 5.82 Å². The van der Waals surface area contributed by atoms with Gasteiger partial charge in [0.2, 0.25) is 0 Å². The van der Waals surface area contributed by atoms with Crippen LogP contribution >= 0.6 is 0 Å². The number of nitrogens with zero attached hydrogens (tertiary/aromatic N) is 1. The number of rotatable bonds is 3. The van der Waals surface area contributed by atoms with E-state index in [0.717, 1.165) is 22.4 Å². The smallest absolute Gasteiger partial charge is 0.138 e. The number of aromatic nitrogens is 2. The number of allylic oxidation sites excluding steroid dienone is 2. The number of aromatic amines is 1. The van der Waals surface area contributed by atoms with Crippen LogP contribution in [0, 0.1) is 0 Å². The molecule has 0 unspecified atom stereocenters. The van der Waals surface area contributed by atoms with Gasteiger partial charge in [0.15, 0.2) is 0 Å².